The second-order valence-electron chi connectivity index (χ2n) is 8.19. The Morgan fingerprint density at radius 2 is 1.67 bits per heavy atom. The van der Waals surface area contributed by atoms with Crippen LogP contribution in [0.2, 0.25) is 0 Å². The largest absolute Gasteiger partial charge is 0.494 e. The van der Waals surface area contributed by atoms with E-state index in [-0.39, 0.29) is 24.8 Å². The number of carbonyl (C=O) groups is 2. The van der Waals surface area contributed by atoms with Crippen molar-refractivity contribution in [2.24, 2.45) is 0 Å². The highest BCUT2D eigenvalue weighted by molar-refractivity contribution is 7.22. The summed E-state index contributed by atoms with van der Waals surface area (Å²) in [6.07, 6.45) is 0.127. The Morgan fingerprint density at radius 1 is 0.917 bits per heavy atom. The maximum Gasteiger partial charge on any atom is 0.251 e. The Balaban J connectivity index is 1.33. The van der Waals surface area contributed by atoms with Gasteiger partial charge in [-0.25, -0.2) is 4.98 Å². The monoisotopic (exact) mass is 495 g/mol. The van der Waals surface area contributed by atoms with Gasteiger partial charge in [0.1, 0.15) is 5.75 Å². The molecule has 5 aromatic rings. The molecule has 7 heteroatoms. The van der Waals surface area contributed by atoms with Gasteiger partial charge in [-0.2, -0.15) is 0 Å². The molecule has 0 aliphatic heterocycles. The number of hydrogen-bond acceptors (Lipinski definition) is 5. The minimum atomic E-state index is -0.207. The first-order valence-corrected chi connectivity index (χ1v) is 12.6. The van der Waals surface area contributed by atoms with Gasteiger partial charge in [-0.1, -0.05) is 53.8 Å². The molecule has 4 aromatic carbocycles. The quantitative estimate of drug-likeness (QED) is 0.273. The van der Waals surface area contributed by atoms with Crippen LogP contribution in [-0.4, -0.2) is 29.9 Å². The molecule has 0 aliphatic carbocycles. The van der Waals surface area contributed by atoms with Gasteiger partial charge in [-0.15, -0.1) is 0 Å². The summed E-state index contributed by atoms with van der Waals surface area (Å²) in [6, 6.07) is 28.7. The van der Waals surface area contributed by atoms with E-state index < -0.39 is 0 Å². The van der Waals surface area contributed by atoms with Gasteiger partial charge in [0, 0.05) is 18.5 Å². The van der Waals surface area contributed by atoms with Crippen molar-refractivity contribution >= 4 is 55.0 Å². The molecule has 1 N–H and O–H groups in total. The number of amides is 2. The molecule has 0 saturated carbocycles. The van der Waals surface area contributed by atoms with E-state index in [0.717, 1.165) is 26.7 Å². The van der Waals surface area contributed by atoms with Crippen LogP contribution in [0.4, 0.5) is 10.8 Å². The lowest BCUT2D eigenvalue weighted by atomic mass is 10.1. The van der Waals surface area contributed by atoms with Crippen molar-refractivity contribution in [1.82, 2.24) is 10.3 Å². The average Bonchev–Trinajstić information content (AvgIpc) is 3.33. The normalized spacial score (nSPS) is 10.9. The molecule has 1 heterocycles. The van der Waals surface area contributed by atoms with Crippen molar-refractivity contribution in [3.63, 3.8) is 0 Å². The fourth-order valence-electron chi connectivity index (χ4n) is 4.00. The lowest BCUT2D eigenvalue weighted by Gasteiger charge is -2.20. The summed E-state index contributed by atoms with van der Waals surface area (Å²) in [4.78, 5) is 32.5. The van der Waals surface area contributed by atoms with Crippen LogP contribution in [0, 0.1) is 0 Å². The number of para-hydroxylation sites is 1. The lowest BCUT2D eigenvalue weighted by Crippen LogP contribution is -2.31. The topological polar surface area (TPSA) is 71.5 Å². The van der Waals surface area contributed by atoms with Crippen molar-refractivity contribution < 1.29 is 14.3 Å². The number of aromatic nitrogens is 1. The van der Waals surface area contributed by atoms with Gasteiger partial charge in [-0.3, -0.25) is 14.5 Å². The second-order valence-corrected chi connectivity index (χ2v) is 9.20. The van der Waals surface area contributed by atoms with Gasteiger partial charge < -0.3 is 10.1 Å². The molecule has 0 atom stereocenters. The Hall–Kier alpha value is -4.23. The van der Waals surface area contributed by atoms with Crippen molar-refractivity contribution in [2.45, 2.75) is 13.3 Å². The number of nitrogens with one attached hydrogen (secondary N) is 1. The lowest BCUT2D eigenvalue weighted by molar-refractivity contribution is -0.117. The fourth-order valence-corrected chi connectivity index (χ4v) is 5.01. The molecule has 0 saturated heterocycles. The minimum Gasteiger partial charge on any atom is -0.494 e. The van der Waals surface area contributed by atoms with E-state index in [1.54, 1.807) is 11.0 Å². The Labute approximate surface area is 213 Å². The molecule has 2 amide bonds. The molecule has 1 aromatic heterocycles. The third-order valence-corrected chi connectivity index (χ3v) is 6.79. The van der Waals surface area contributed by atoms with E-state index in [2.05, 4.69) is 5.32 Å². The highest BCUT2D eigenvalue weighted by atomic mass is 32.1. The molecular formula is C29H25N3O3S. The van der Waals surface area contributed by atoms with Crippen LogP contribution in [-0.2, 0) is 4.79 Å². The zero-order chi connectivity index (χ0) is 24.9. The standard InChI is InChI=1S/C29H25N3O3S/c1-2-35-24-15-13-23(14-16-24)32(29-31-25-9-5-6-10-26(25)36-29)27(33)17-18-30-28(34)22-12-11-20-7-3-4-8-21(20)19-22/h3-16,19H,2,17-18H2,1H3,(H,30,34). The van der Waals surface area contributed by atoms with E-state index in [1.807, 2.05) is 91.9 Å². The minimum absolute atomic E-state index is 0.127. The van der Waals surface area contributed by atoms with E-state index in [4.69, 9.17) is 9.72 Å². The summed E-state index contributed by atoms with van der Waals surface area (Å²) >= 11 is 1.46. The van der Waals surface area contributed by atoms with Crippen LogP contribution in [0.3, 0.4) is 0 Å². The van der Waals surface area contributed by atoms with Gasteiger partial charge in [0.2, 0.25) is 5.91 Å². The van der Waals surface area contributed by atoms with Gasteiger partial charge in [0.15, 0.2) is 5.13 Å². The summed E-state index contributed by atoms with van der Waals surface area (Å²) in [5, 5.41) is 5.54. The highest BCUT2D eigenvalue weighted by Gasteiger charge is 2.22. The average molecular weight is 496 g/mol. The first-order valence-electron chi connectivity index (χ1n) is 11.8. The van der Waals surface area contributed by atoms with E-state index >= 15 is 0 Å². The third-order valence-electron chi connectivity index (χ3n) is 5.77. The molecule has 0 bridgehead atoms. The van der Waals surface area contributed by atoms with E-state index in [0.29, 0.717) is 23.0 Å². The Kier molecular flexibility index (Phi) is 6.91. The number of nitrogens with zero attached hydrogens (tertiary/aromatic N) is 2. The molecule has 0 unspecified atom stereocenters. The summed E-state index contributed by atoms with van der Waals surface area (Å²) in [5.74, 6) is 0.374. The number of fused-ring (bicyclic) bond motifs is 2. The van der Waals surface area contributed by atoms with E-state index in [9.17, 15) is 9.59 Å². The number of hydrogen-bond donors (Lipinski definition) is 1. The predicted octanol–water partition coefficient (Wildman–Crippen LogP) is 6.33. The highest BCUT2D eigenvalue weighted by Crippen LogP contribution is 2.34. The molecule has 6 nitrogen and oxygen atoms in total. The number of carbonyl (C=O) groups excluding carboxylic acids is 2. The smallest absolute Gasteiger partial charge is 0.251 e. The maximum atomic E-state index is 13.4. The van der Waals surface area contributed by atoms with Gasteiger partial charge in [0.25, 0.3) is 5.91 Å². The van der Waals surface area contributed by atoms with Crippen LogP contribution in [0.15, 0.2) is 91.0 Å². The van der Waals surface area contributed by atoms with Crippen LogP contribution < -0.4 is 15.0 Å². The molecule has 0 radical (unpaired) electrons. The van der Waals surface area contributed by atoms with Crippen LogP contribution >= 0.6 is 11.3 Å². The molecule has 36 heavy (non-hydrogen) atoms. The zero-order valence-corrected chi connectivity index (χ0v) is 20.6. The third kappa shape index (κ3) is 5.06. The number of ether oxygens (including phenoxy) is 1. The number of benzene rings is 4. The number of thiazole rings is 1. The number of anilines is 2. The summed E-state index contributed by atoms with van der Waals surface area (Å²) in [6.45, 7) is 2.71. The Morgan fingerprint density at radius 3 is 2.44 bits per heavy atom. The SMILES string of the molecule is CCOc1ccc(N(C(=O)CCNC(=O)c2ccc3ccccc3c2)c2nc3ccccc3s2)cc1. The summed E-state index contributed by atoms with van der Waals surface area (Å²) in [7, 11) is 0. The van der Waals surface area contributed by atoms with Gasteiger partial charge in [0.05, 0.1) is 22.5 Å². The molecule has 180 valence electrons. The summed E-state index contributed by atoms with van der Waals surface area (Å²) < 4.78 is 6.55. The Bertz CT molecular complexity index is 1500. The summed E-state index contributed by atoms with van der Waals surface area (Å²) in [5.41, 5.74) is 2.10. The molecule has 0 fully saturated rings. The van der Waals surface area contributed by atoms with Crippen LogP contribution in [0.25, 0.3) is 21.0 Å². The van der Waals surface area contributed by atoms with E-state index in [1.165, 1.54) is 11.3 Å². The van der Waals surface area contributed by atoms with Crippen molar-refractivity contribution in [1.29, 1.82) is 0 Å². The molecule has 0 spiro atoms. The van der Waals surface area contributed by atoms with Gasteiger partial charge >= 0.3 is 0 Å². The first kappa shape index (κ1) is 23.5. The zero-order valence-electron chi connectivity index (χ0n) is 19.8. The molecular weight excluding hydrogens is 470 g/mol. The first-order chi connectivity index (χ1) is 17.6. The van der Waals surface area contributed by atoms with Crippen molar-refractivity contribution in [2.75, 3.05) is 18.1 Å². The predicted molar refractivity (Wildman–Crippen MR) is 145 cm³/mol. The second kappa shape index (κ2) is 10.6. The van der Waals surface area contributed by atoms with Crippen molar-refractivity contribution in [3.05, 3.63) is 96.6 Å². The van der Waals surface area contributed by atoms with Gasteiger partial charge in [-0.05, 0) is 66.2 Å². The fraction of sp³-hybridized carbons (Fsp3) is 0.138. The number of rotatable bonds is 8. The van der Waals surface area contributed by atoms with Crippen molar-refractivity contribution in [3.8, 4) is 5.75 Å². The van der Waals surface area contributed by atoms with Crippen LogP contribution in [0.5, 0.6) is 5.75 Å². The molecule has 5 rings (SSSR count). The van der Waals surface area contributed by atoms with Crippen LogP contribution in [0.1, 0.15) is 23.7 Å². The maximum absolute atomic E-state index is 13.4. The molecule has 0 aliphatic rings.